The average Bonchev–Trinajstić information content (AvgIpc) is 2.60. The molecule has 1 unspecified atom stereocenters. The highest BCUT2D eigenvalue weighted by atomic mass is 16.5. The molecule has 23 heavy (non-hydrogen) atoms. The number of aryl methyl sites for hydroxylation is 1. The standard InChI is InChI=1S/C18H25NO4/c1-3-14-8-5-6-10-16(14)23-13-17(20)19-11-7-9-15(12-19)18(21)22-4-2/h5-6,8,10,15H,3-4,7,9,11-13H2,1-2H3. The Balaban J connectivity index is 1.89. The summed E-state index contributed by atoms with van der Waals surface area (Å²) in [5, 5.41) is 0. The van der Waals surface area contributed by atoms with Gasteiger partial charge in [0, 0.05) is 13.1 Å². The molecule has 1 atom stereocenters. The van der Waals surface area contributed by atoms with E-state index in [0.29, 0.717) is 19.7 Å². The van der Waals surface area contributed by atoms with Gasteiger partial charge in [0.15, 0.2) is 6.61 Å². The third kappa shape index (κ3) is 4.71. The normalized spacial score (nSPS) is 17.7. The van der Waals surface area contributed by atoms with Crippen LogP contribution in [-0.4, -0.2) is 43.1 Å². The maximum absolute atomic E-state index is 12.3. The van der Waals surface area contributed by atoms with Crippen LogP contribution in [0, 0.1) is 5.92 Å². The number of hydrogen-bond donors (Lipinski definition) is 0. The molecule has 1 fully saturated rings. The molecule has 0 aliphatic carbocycles. The van der Waals surface area contributed by atoms with Crippen LogP contribution < -0.4 is 4.74 Å². The molecule has 5 nitrogen and oxygen atoms in total. The number of nitrogens with zero attached hydrogens (tertiary/aromatic N) is 1. The Morgan fingerprint density at radius 2 is 2.04 bits per heavy atom. The number of likely N-dealkylation sites (tertiary alicyclic amines) is 1. The SMILES string of the molecule is CCOC(=O)C1CCCN(C(=O)COc2ccccc2CC)C1. The molecule has 1 amide bonds. The van der Waals surface area contributed by atoms with E-state index in [9.17, 15) is 9.59 Å². The molecule has 126 valence electrons. The van der Waals surface area contributed by atoms with Gasteiger partial charge in [-0.2, -0.15) is 0 Å². The number of rotatable bonds is 6. The first-order valence-electron chi connectivity index (χ1n) is 8.30. The fourth-order valence-corrected chi connectivity index (χ4v) is 2.82. The minimum absolute atomic E-state index is 0.00651. The predicted molar refractivity (Wildman–Crippen MR) is 87.3 cm³/mol. The van der Waals surface area contributed by atoms with Crippen LogP contribution in [0.15, 0.2) is 24.3 Å². The molecule has 0 N–H and O–H groups in total. The fraction of sp³-hybridized carbons (Fsp3) is 0.556. The molecular formula is C18H25NO4. The van der Waals surface area contributed by atoms with E-state index in [4.69, 9.17) is 9.47 Å². The second-order valence-electron chi connectivity index (χ2n) is 5.68. The average molecular weight is 319 g/mol. The van der Waals surface area contributed by atoms with Gasteiger partial charge in [-0.3, -0.25) is 9.59 Å². The Bertz CT molecular complexity index is 544. The van der Waals surface area contributed by atoms with Crippen LogP contribution in [0.4, 0.5) is 0 Å². The highest BCUT2D eigenvalue weighted by Crippen LogP contribution is 2.20. The summed E-state index contributed by atoms with van der Waals surface area (Å²) in [5.41, 5.74) is 1.09. The zero-order valence-electron chi connectivity index (χ0n) is 13.9. The summed E-state index contributed by atoms with van der Waals surface area (Å²) in [5.74, 6) is 0.255. The highest BCUT2D eigenvalue weighted by molar-refractivity contribution is 5.79. The van der Waals surface area contributed by atoms with Crippen LogP contribution in [0.2, 0.25) is 0 Å². The Morgan fingerprint density at radius 1 is 1.26 bits per heavy atom. The van der Waals surface area contributed by atoms with E-state index in [-0.39, 0.29) is 24.4 Å². The van der Waals surface area contributed by atoms with Gasteiger partial charge >= 0.3 is 5.97 Å². The number of esters is 1. The minimum atomic E-state index is -0.212. The van der Waals surface area contributed by atoms with Crippen molar-refractivity contribution in [1.29, 1.82) is 0 Å². The highest BCUT2D eigenvalue weighted by Gasteiger charge is 2.29. The van der Waals surface area contributed by atoms with Crippen LogP contribution in [0.25, 0.3) is 0 Å². The fourth-order valence-electron chi connectivity index (χ4n) is 2.82. The molecule has 5 heteroatoms. The summed E-state index contributed by atoms with van der Waals surface area (Å²) in [4.78, 5) is 25.9. The number of piperidine rings is 1. The number of hydrogen-bond acceptors (Lipinski definition) is 4. The van der Waals surface area contributed by atoms with E-state index in [1.54, 1.807) is 11.8 Å². The first-order valence-corrected chi connectivity index (χ1v) is 8.30. The molecule has 1 saturated heterocycles. The van der Waals surface area contributed by atoms with Gasteiger partial charge in [0.2, 0.25) is 0 Å². The number of ether oxygens (including phenoxy) is 2. The molecule has 0 saturated carbocycles. The lowest BCUT2D eigenvalue weighted by Crippen LogP contribution is -2.44. The lowest BCUT2D eigenvalue weighted by Gasteiger charge is -2.31. The summed E-state index contributed by atoms with van der Waals surface area (Å²) in [6.45, 7) is 5.33. The van der Waals surface area contributed by atoms with Gasteiger partial charge in [-0.25, -0.2) is 0 Å². The van der Waals surface area contributed by atoms with Crippen molar-refractivity contribution in [2.75, 3.05) is 26.3 Å². The number of benzene rings is 1. The van der Waals surface area contributed by atoms with Gasteiger partial charge in [-0.05, 0) is 37.8 Å². The zero-order valence-corrected chi connectivity index (χ0v) is 13.9. The van der Waals surface area contributed by atoms with E-state index in [1.807, 2.05) is 24.3 Å². The van der Waals surface area contributed by atoms with Crippen molar-refractivity contribution in [3.8, 4) is 5.75 Å². The van der Waals surface area contributed by atoms with E-state index >= 15 is 0 Å². The lowest BCUT2D eigenvalue weighted by molar-refractivity contribution is -0.151. The second kappa shape index (κ2) is 8.56. The number of para-hydroxylation sites is 1. The predicted octanol–water partition coefficient (Wildman–Crippen LogP) is 2.43. The third-order valence-electron chi connectivity index (χ3n) is 4.10. The van der Waals surface area contributed by atoms with Crippen molar-refractivity contribution in [1.82, 2.24) is 4.90 Å². The number of carbonyl (C=O) groups is 2. The molecule has 1 aromatic carbocycles. The topological polar surface area (TPSA) is 55.8 Å². The molecule has 0 bridgehead atoms. The Kier molecular flexibility index (Phi) is 6.44. The van der Waals surface area contributed by atoms with E-state index in [1.165, 1.54) is 0 Å². The van der Waals surface area contributed by atoms with Crippen molar-refractivity contribution in [2.45, 2.75) is 33.1 Å². The van der Waals surface area contributed by atoms with Gasteiger partial charge in [0.25, 0.3) is 5.91 Å². The molecule has 1 aliphatic heterocycles. The Hall–Kier alpha value is -2.04. The number of carbonyl (C=O) groups excluding carboxylic acids is 2. The van der Waals surface area contributed by atoms with Crippen molar-refractivity contribution in [3.63, 3.8) is 0 Å². The zero-order chi connectivity index (χ0) is 16.7. The van der Waals surface area contributed by atoms with Crippen LogP contribution in [-0.2, 0) is 20.7 Å². The summed E-state index contributed by atoms with van der Waals surface area (Å²) in [6, 6.07) is 7.74. The van der Waals surface area contributed by atoms with Gasteiger partial charge in [0.05, 0.1) is 12.5 Å². The van der Waals surface area contributed by atoms with Crippen molar-refractivity contribution < 1.29 is 19.1 Å². The van der Waals surface area contributed by atoms with Crippen LogP contribution in [0.3, 0.4) is 0 Å². The van der Waals surface area contributed by atoms with Crippen LogP contribution >= 0.6 is 0 Å². The summed E-state index contributed by atoms with van der Waals surface area (Å²) in [6.07, 6.45) is 2.46. The van der Waals surface area contributed by atoms with Gasteiger partial charge in [-0.15, -0.1) is 0 Å². The molecule has 1 aliphatic rings. The van der Waals surface area contributed by atoms with Gasteiger partial charge in [0.1, 0.15) is 5.75 Å². The molecule has 1 aromatic rings. The molecule has 2 rings (SSSR count). The molecular weight excluding hydrogens is 294 g/mol. The smallest absolute Gasteiger partial charge is 0.310 e. The second-order valence-corrected chi connectivity index (χ2v) is 5.68. The Morgan fingerprint density at radius 3 is 2.78 bits per heavy atom. The quantitative estimate of drug-likeness (QED) is 0.756. The van der Waals surface area contributed by atoms with Crippen molar-refractivity contribution in [3.05, 3.63) is 29.8 Å². The van der Waals surface area contributed by atoms with Crippen LogP contribution in [0.1, 0.15) is 32.3 Å². The summed E-state index contributed by atoms with van der Waals surface area (Å²) < 4.78 is 10.7. The molecule has 1 heterocycles. The molecule has 0 radical (unpaired) electrons. The molecule has 0 spiro atoms. The monoisotopic (exact) mass is 319 g/mol. The lowest BCUT2D eigenvalue weighted by atomic mass is 9.98. The largest absolute Gasteiger partial charge is 0.483 e. The van der Waals surface area contributed by atoms with E-state index in [2.05, 4.69) is 6.92 Å². The number of amides is 1. The minimum Gasteiger partial charge on any atom is -0.483 e. The van der Waals surface area contributed by atoms with Gasteiger partial charge in [-0.1, -0.05) is 25.1 Å². The maximum Gasteiger partial charge on any atom is 0.310 e. The van der Waals surface area contributed by atoms with Gasteiger partial charge < -0.3 is 14.4 Å². The molecule has 0 aromatic heterocycles. The summed E-state index contributed by atoms with van der Waals surface area (Å²) in [7, 11) is 0. The van der Waals surface area contributed by atoms with E-state index < -0.39 is 0 Å². The summed E-state index contributed by atoms with van der Waals surface area (Å²) >= 11 is 0. The third-order valence-corrected chi connectivity index (χ3v) is 4.10. The Labute approximate surface area is 137 Å². The van der Waals surface area contributed by atoms with Crippen LogP contribution in [0.5, 0.6) is 5.75 Å². The first-order chi connectivity index (χ1) is 11.2. The van der Waals surface area contributed by atoms with Crippen molar-refractivity contribution >= 4 is 11.9 Å². The van der Waals surface area contributed by atoms with Crippen molar-refractivity contribution in [2.24, 2.45) is 5.92 Å². The maximum atomic E-state index is 12.3. The van der Waals surface area contributed by atoms with E-state index in [0.717, 1.165) is 30.6 Å². The first kappa shape index (κ1) is 17.3.